The summed E-state index contributed by atoms with van der Waals surface area (Å²) in [6.07, 6.45) is 4.90. The number of anilines is 1. The standard InChI is InChI=1S/C8H13N3OS/c12-4-3-8(1-2-8)5-9-7-10-6-11-13-7/h6,12H,1-5H2,(H,9,10,11). The molecule has 1 aliphatic rings. The molecule has 4 nitrogen and oxygen atoms in total. The van der Waals surface area contributed by atoms with Gasteiger partial charge in [-0.2, -0.15) is 4.37 Å². The minimum atomic E-state index is 0.289. The maximum absolute atomic E-state index is 8.85. The van der Waals surface area contributed by atoms with Crippen LogP contribution < -0.4 is 5.32 Å². The zero-order valence-electron chi connectivity index (χ0n) is 7.36. The second-order valence-corrected chi connectivity index (χ2v) is 4.35. The van der Waals surface area contributed by atoms with Gasteiger partial charge in [0.25, 0.3) is 0 Å². The van der Waals surface area contributed by atoms with Crippen molar-refractivity contribution in [2.24, 2.45) is 5.41 Å². The third-order valence-electron chi connectivity index (χ3n) is 2.58. The first-order valence-electron chi connectivity index (χ1n) is 4.46. The number of nitrogens with zero attached hydrogens (tertiary/aromatic N) is 2. The van der Waals surface area contributed by atoms with Crippen molar-refractivity contribution >= 4 is 16.7 Å². The van der Waals surface area contributed by atoms with Gasteiger partial charge in [-0.05, 0) is 24.7 Å². The molecule has 0 spiro atoms. The predicted octanol–water partition coefficient (Wildman–Crippen LogP) is 1.11. The topological polar surface area (TPSA) is 58.0 Å². The Morgan fingerprint density at radius 1 is 1.62 bits per heavy atom. The maximum atomic E-state index is 8.85. The highest BCUT2D eigenvalue weighted by molar-refractivity contribution is 7.09. The van der Waals surface area contributed by atoms with E-state index in [2.05, 4.69) is 14.7 Å². The van der Waals surface area contributed by atoms with Gasteiger partial charge >= 0.3 is 0 Å². The lowest BCUT2D eigenvalue weighted by atomic mass is 10.0. The van der Waals surface area contributed by atoms with Crippen LogP contribution in [-0.2, 0) is 0 Å². The largest absolute Gasteiger partial charge is 0.396 e. The van der Waals surface area contributed by atoms with Crippen molar-refractivity contribution in [1.82, 2.24) is 9.36 Å². The fourth-order valence-electron chi connectivity index (χ4n) is 1.44. The Hall–Kier alpha value is -0.680. The Bertz CT molecular complexity index is 258. The molecule has 1 aromatic rings. The summed E-state index contributed by atoms with van der Waals surface area (Å²) >= 11 is 1.37. The van der Waals surface area contributed by atoms with Crippen LogP contribution in [0.25, 0.3) is 0 Å². The normalized spacial score (nSPS) is 18.5. The Kier molecular flexibility index (Phi) is 2.46. The number of aliphatic hydroxyl groups excluding tert-OH is 1. The summed E-state index contributed by atoms with van der Waals surface area (Å²) in [4.78, 5) is 4.04. The van der Waals surface area contributed by atoms with Crippen LogP contribution in [-0.4, -0.2) is 27.6 Å². The molecule has 0 aliphatic heterocycles. The Morgan fingerprint density at radius 3 is 3.00 bits per heavy atom. The van der Waals surface area contributed by atoms with Crippen LogP contribution in [0.3, 0.4) is 0 Å². The van der Waals surface area contributed by atoms with Gasteiger partial charge in [0.15, 0.2) is 0 Å². The van der Waals surface area contributed by atoms with E-state index in [0.717, 1.165) is 18.1 Å². The van der Waals surface area contributed by atoms with Gasteiger partial charge in [0.05, 0.1) is 0 Å². The molecule has 1 fully saturated rings. The van der Waals surface area contributed by atoms with Crippen molar-refractivity contribution in [3.63, 3.8) is 0 Å². The number of aliphatic hydroxyl groups is 1. The molecular weight excluding hydrogens is 186 g/mol. The van der Waals surface area contributed by atoms with E-state index in [1.165, 1.54) is 24.4 Å². The molecule has 0 radical (unpaired) electrons. The van der Waals surface area contributed by atoms with E-state index in [1.54, 1.807) is 6.33 Å². The van der Waals surface area contributed by atoms with Crippen molar-refractivity contribution < 1.29 is 5.11 Å². The molecular formula is C8H13N3OS. The molecule has 5 heteroatoms. The highest BCUT2D eigenvalue weighted by Crippen LogP contribution is 2.48. The lowest BCUT2D eigenvalue weighted by Crippen LogP contribution is -2.16. The second-order valence-electron chi connectivity index (χ2n) is 3.57. The fraction of sp³-hybridized carbons (Fsp3) is 0.750. The van der Waals surface area contributed by atoms with E-state index < -0.39 is 0 Å². The van der Waals surface area contributed by atoms with Crippen LogP contribution in [0.2, 0.25) is 0 Å². The van der Waals surface area contributed by atoms with Gasteiger partial charge in [-0.15, -0.1) is 0 Å². The van der Waals surface area contributed by atoms with E-state index >= 15 is 0 Å². The van der Waals surface area contributed by atoms with E-state index in [-0.39, 0.29) is 6.61 Å². The number of rotatable bonds is 5. The first kappa shape index (κ1) is 8.90. The maximum Gasteiger partial charge on any atom is 0.202 e. The molecule has 0 saturated heterocycles. The monoisotopic (exact) mass is 199 g/mol. The van der Waals surface area contributed by atoms with Crippen molar-refractivity contribution in [1.29, 1.82) is 0 Å². The van der Waals surface area contributed by atoms with Crippen molar-refractivity contribution in [2.75, 3.05) is 18.5 Å². The summed E-state index contributed by atoms with van der Waals surface area (Å²) < 4.78 is 3.91. The van der Waals surface area contributed by atoms with Crippen LogP contribution in [0.4, 0.5) is 5.13 Å². The Balaban J connectivity index is 1.79. The SMILES string of the molecule is OCCC1(CNc2ncns2)CC1. The van der Waals surface area contributed by atoms with Crippen LogP contribution in [0, 0.1) is 5.41 Å². The summed E-state index contributed by atoms with van der Waals surface area (Å²) in [5, 5.41) is 13.0. The average molecular weight is 199 g/mol. The van der Waals surface area contributed by atoms with E-state index in [0.29, 0.717) is 5.41 Å². The minimum absolute atomic E-state index is 0.289. The zero-order valence-corrected chi connectivity index (χ0v) is 8.18. The lowest BCUT2D eigenvalue weighted by Gasteiger charge is -2.12. The van der Waals surface area contributed by atoms with Crippen LogP contribution >= 0.6 is 11.5 Å². The second kappa shape index (κ2) is 3.59. The van der Waals surface area contributed by atoms with Crippen LogP contribution in [0.5, 0.6) is 0 Å². The number of aromatic nitrogens is 2. The molecule has 0 bridgehead atoms. The van der Waals surface area contributed by atoms with E-state index in [1.807, 2.05) is 0 Å². The molecule has 0 amide bonds. The summed E-state index contributed by atoms with van der Waals surface area (Å²) in [5.74, 6) is 0. The number of nitrogens with one attached hydrogen (secondary N) is 1. The molecule has 1 aromatic heterocycles. The van der Waals surface area contributed by atoms with Crippen molar-refractivity contribution in [3.05, 3.63) is 6.33 Å². The summed E-state index contributed by atoms with van der Waals surface area (Å²) in [6, 6.07) is 0. The predicted molar refractivity (Wildman–Crippen MR) is 51.8 cm³/mol. The molecule has 1 heterocycles. The molecule has 13 heavy (non-hydrogen) atoms. The Labute approximate surface area is 81.2 Å². The first-order chi connectivity index (χ1) is 6.35. The molecule has 2 N–H and O–H groups in total. The zero-order chi connectivity index (χ0) is 9.15. The quantitative estimate of drug-likeness (QED) is 0.746. The smallest absolute Gasteiger partial charge is 0.202 e. The third kappa shape index (κ3) is 2.16. The Morgan fingerprint density at radius 2 is 2.46 bits per heavy atom. The van der Waals surface area contributed by atoms with Crippen LogP contribution in [0.15, 0.2) is 6.33 Å². The average Bonchev–Trinajstić information content (AvgIpc) is 2.71. The van der Waals surface area contributed by atoms with Gasteiger partial charge < -0.3 is 10.4 Å². The van der Waals surface area contributed by atoms with E-state index in [9.17, 15) is 0 Å². The lowest BCUT2D eigenvalue weighted by molar-refractivity contribution is 0.253. The van der Waals surface area contributed by atoms with E-state index in [4.69, 9.17) is 5.11 Å². The summed E-state index contributed by atoms with van der Waals surface area (Å²) in [7, 11) is 0. The van der Waals surface area contributed by atoms with Crippen molar-refractivity contribution in [2.45, 2.75) is 19.3 Å². The van der Waals surface area contributed by atoms with Crippen LogP contribution in [0.1, 0.15) is 19.3 Å². The third-order valence-corrected chi connectivity index (χ3v) is 3.20. The summed E-state index contributed by atoms with van der Waals surface area (Å²) in [5.41, 5.74) is 0.348. The highest BCUT2D eigenvalue weighted by atomic mass is 32.1. The molecule has 0 atom stereocenters. The van der Waals surface area contributed by atoms with Gasteiger partial charge in [-0.3, -0.25) is 0 Å². The summed E-state index contributed by atoms with van der Waals surface area (Å²) in [6.45, 7) is 1.21. The first-order valence-corrected chi connectivity index (χ1v) is 5.23. The number of hydrogen-bond acceptors (Lipinski definition) is 5. The van der Waals surface area contributed by atoms with Gasteiger partial charge in [-0.1, -0.05) is 0 Å². The van der Waals surface area contributed by atoms with Crippen molar-refractivity contribution in [3.8, 4) is 0 Å². The van der Waals surface area contributed by atoms with Gasteiger partial charge in [0.1, 0.15) is 6.33 Å². The molecule has 1 saturated carbocycles. The molecule has 2 rings (SSSR count). The molecule has 72 valence electrons. The molecule has 1 aliphatic carbocycles. The fourth-order valence-corrected chi connectivity index (χ4v) is 1.87. The van der Waals surface area contributed by atoms with Gasteiger partial charge in [0, 0.05) is 24.7 Å². The van der Waals surface area contributed by atoms with Gasteiger partial charge in [0.2, 0.25) is 5.13 Å². The highest BCUT2D eigenvalue weighted by Gasteiger charge is 2.41. The molecule has 0 aromatic carbocycles. The molecule has 0 unspecified atom stereocenters. The number of hydrogen-bond donors (Lipinski definition) is 2. The minimum Gasteiger partial charge on any atom is -0.396 e. The van der Waals surface area contributed by atoms with Gasteiger partial charge in [-0.25, -0.2) is 4.98 Å².